The first-order chi connectivity index (χ1) is 10.3. The van der Waals surface area contributed by atoms with Gasteiger partial charge in [0.15, 0.2) is 6.10 Å². The Morgan fingerprint density at radius 2 is 2.14 bits per heavy atom. The molecule has 5 nitrogen and oxygen atoms in total. The van der Waals surface area contributed by atoms with Gasteiger partial charge in [0.2, 0.25) is 0 Å². The number of carbonyl (C=O) groups excluding carboxylic acids is 1. The Balaban J connectivity index is 2.28. The molecule has 0 radical (unpaired) electrons. The van der Waals surface area contributed by atoms with E-state index in [1.807, 2.05) is 0 Å². The summed E-state index contributed by atoms with van der Waals surface area (Å²) in [5.41, 5.74) is 1.65. The molecule has 0 aliphatic rings. The molecule has 0 bridgehead atoms. The van der Waals surface area contributed by atoms with Gasteiger partial charge < -0.3 is 14.4 Å². The maximum atomic E-state index is 12.5. The fraction of sp³-hybridized carbons (Fsp3) is 0.429. The van der Waals surface area contributed by atoms with Crippen LogP contribution in [-0.2, 0) is 0 Å². The molecule has 1 amide bonds. The molecule has 2 aromatic heterocycles. The van der Waals surface area contributed by atoms with E-state index in [2.05, 4.69) is 4.98 Å². The molecule has 0 fully saturated rings. The van der Waals surface area contributed by atoms with E-state index < -0.39 is 24.7 Å². The van der Waals surface area contributed by atoms with Crippen LogP contribution in [-0.4, -0.2) is 50.7 Å². The van der Waals surface area contributed by atoms with Gasteiger partial charge in [0.25, 0.3) is 5.91 Å². The van der Waals surface area contributed by atoms with Gasteiger partial charge in [-0.25, -0.2) is 4.98 Å². The van der Waals surface area contributed by atoms with Gasteiger partial charge in [-0.1, -0.05) is 0 Å². The summed E-state index contributed by atoms with van der Waals surface area (Å²) in [4.78, 5) is 17.4. The van der Waals surface area contributed by atoms with Crippen LogP contribution >= 0.6 is 0 Å². The average molecular weight is 315 g/mol. The second kappa shape index (κ2) is 5.96. The van der Waals surface area contributed by atoms with Gasteiger partial charge in [-0.15, -0.1) is 0 Å². The van der Waals surface area contributed by atoms with Crippen molar-refractivity contribution in [1.29, 1.82) is 0 Å². The summed E-state index contributed by atoms with van der Waals surface area (Å²) in [7, 11) is 0. The molecule has 0 aliphatic heterocycles. The Morgan fingerprint density at radius 1 is 1.45 bits per heavy atom. The molecular weight excluding hydrogens is 299 g/mol. The van der Waals surface area contributed by atoms with Crippen molar-refractivity contribution in [2.75, 3.05) is 13.1 Å². The van der Waals surface area contributed by atoms with Crippen LogP contribution in [0.2, 0.25) is 0 Å². The summed E-state index contributed by atoms with van der Waals surface area (Å²) in [5, 5.41) is 9.16. The lowest BCUT2D eigenvalue weighted by Gasteiger charge is -2.25. The molecule has 0 saturated carbocycles. The minimum Gasteiger partial charge on any atom is -0.382 e. The number of carbonyl (C=O) groups is 1. The number of aliphatic hydroxyl groups excluding tert-OH is 1. The Bertz CT molecular complexity index is 682. The first kappa shape index (κ1) is 16.3. The molecule has 22 heavy (non-hydrogen) atoms. The normalized spacial score (nSPS) is 13.4. The molecule has 0 aliphatic carbocycles. The third kappa shape index (κ3) is 3.06. The van der Waals surface area contributed by atoms with Crippen molar-refractivity contribution in [3.63, 3.8) is 0 Å². The van der Waals surface area contributed by atoms with E-state index in [1.165, 1.54) is 6.33 Å². The number of nitrogens with zero attached hydrogens (tertiary/aromatic N) is 3. The van der Waals surface area contributed by atoms with Crippen molar-refractivity contribution in [3.05, 3.63) is 35.9 Å². The van der Waals surface area contributed by atoms with E-state index in [4.69, 9.17) is 5.11 Å². The van der Waals surface area contributed by atoms with E-state index in [-0.39, 0.29) is 12.1 Å². The van der Waals surface area contributed by atoms with Crippen molar-refractivity contribution in [2.24, 2.45) is 0 Å². The lowest BCUT2D eigenvalue weighted by atomic mass is 10.1. The fourth-order valence-corrected chi connectivity index (χ4v) is 2.19. The molecule has 0 spiro atoms. The molecular formula is C14H16F3N3O2. The Labute approximate surface area is 125 Å². The van der Waals surface area contributed by atoms with Crippen molar-refractivity contribution in [2.45, 2.75) is 26.1 Å². The second-order valence-corrected chi connectivity index (χ2v) is 4.92. The van der Waals surface area contributed by atoms with Gasteiger partial charge in [-0.3, -0.25) is 4.79 Å². The number of aryl methyl sites for hydroxylation is 1. The van der Waals surface area contributed by atoms with Crippen LogP contribution in [0.15, 0.2) is 24.7 Å². The molecule has 8 heteroatoms. The monoisotopic (exact) mass is 315 g/mol. The number of rotatable bonds is 4. The largest absolute Gasteiger partial charge is 0.416 e. The molecule has 120 valence electrons. The summed E-state index contributed by atoms with van der Waals surface area (Å²) in [6, 6.07) is 3.22. The van der Waals surface area contributed by atoms with E-state index >= 15 is 0 Å². The fourth-order valence-electron chi connectivity index (χ4n) is 2.19. The van der Waals surface area contributed by atoms with E-state index in [0.717, 1.165) is 10.4 Å². The molecule has 1 unspecified atom stereocenters. The predicted molar refractivity (Wildman–Crippen MR) is 73.6 cm³/mol. The number of amides is 1. The van der Waals surface area contributed by atoms with Gasteiger partial charge in [-0.05, 0) is 26.0 Å². The average Bonchev–Trinajstić information content (AvgIpc) is 2.92. The smallest absolute Gasteiger partial charge is 0.382 e. The van der Waals surface area contributed by atoms with Crippen molar-refractivity contribution in [1.82, 2.24) is 14.3 Å². The van der Waals surface area contributed by atoms with Crippen molar-refractivity contribution >= 4 is 11.4 Å². The van der Waals surface area contributed by atoms with Crippen molar-refractivity contribution < 1.29 is 23.1 Å². The topological polar surface area (TPSA) is 57.8 Å². The number of fused-ring (bicyclic) bond motifs is 1. The van der Waals surface area contributed by atoms with Crippen LogP contribution in [0.5, 0.6) is 0 Å². The standard InChI is InChI=1S/C14H16F3N3O2/c1-3-19(7-12(21)14(15,16)17)13(22)11-5-4-10-6-18-8-20(10)9(11)2/h4-6,8,12,21H,3,7H2,1-2H3. The number of aromatic nitrogens is 2. The molecule has 0 aromatic carbocycles. The van der Waals surface area contributed by atoms with Crippen LogP contribution in [0.25, 0.3) is 5.52 Å². The highest BCUT2D eigenvalue weighted by molar-refractivity contribution is 5.95. The summed E-state index contributed by atoms with van der Waals surface area (Å²) in [6.07, 6.45) is -4.17. The third-order valence-corrected chi connectivity index (χ3v) is 3.51. The number of halogens is 3. The van der Waals surface area contributed by atoms with Crippen LogP contribution in [0.1, 0.15) is 23.0 Å². The minimum atomic E-state index is -4.75. The summed E-state index contributed by atoms with van der Waals surface area (Å²) in [6.45, 7) is 2.52. The first-order valence-corrected chi connectivity index (χ1v) is 6.71. The Hall–Kier alpha value is -2.09. The molecule has 1 atom stereocenters. The number of likely N-dealkylation sites (N-methyl/N-ethyl adjacent to an activating group) is 1. The number of hydrogen-bond acceptors (Lipinski definition) is 3. The number of aliphatic hydroxyl groups is 1. The zero-order valence-corrected chi connectivity index (χ0v) is 12.1. The highest BCUT2D eigenvalue weighted by Gasteiger charge is 2.40. The zero-order valence-electron chi connectivity index (χ0n) is 12.1. The van der Waals surface area contributed by atoms with Gasteiger partial charge >= 0.3 is 6.18 Å². The highest BCUT2D eigenvalue weighted by atomic mass is 19.4. The summed E-state index contributed by atoms with van der Waals surface area (Å²) >= 11 is 0. The van der Waals surface area contributed by atoms with Gasteiger partial charge in [0.1, 0.15) is 0 Å². The van der Waals surface area contributed by atoms with Gasteiger partial charge in [0, 0.05) is 12.2 Å². The van der Waals surface area contributed by atoms with Gasteiger partial charge in [-0.2, -0.15) is 13.2 Å². The van der Waals surface area contributed by atoms with Crippen LogP contribution < -0.4 is 0 Å². The first-order valence-electron chi connectivity index (χ1n) is 6.71. The van der Waals surface area contributed by atoms with Crippen LogP contribution in [0, 0.1) is 6.92 Å². The molecule has 2 heterocycles. The predicted octanol–water partition coefficient (Wildman–Crippen LogP) is 2.03. The molecule has 2 rings (SSSR count). The number of imidazole rings is 1. The number of alkyl halides is 3. The van der Waals surface area contributed by atoms with Crippen LogP contribution in [0.3, 0.4) is 0 Å². The van der Waals surface area contributed by atoms with E-state index in [9.17, 15) is 18.0 Å². The third-order valence-electron chi connectivity index (χ3n) is 3.51. The van der Waals surface area contributed by atoms with E-state index in [1.54, 1.807) is 36.6 Å². The number of pyridine rings is 1. The zero-order chi connectivity index (χ0) is 16.5. The maximum Gasteiger partial charge on any atom is 0.416 e. The van der Waals surface area contributed by atoms with Crippen LogP contribution in [0.4, 0.5) is 13.2 Å². The SMILES string of the molecule is CCN(CC(O)C(F)(F)F)C(=O)c1ccc2cncn2c1C. The Morgan fingerprint density at radius 3 is 2.73 bits per heavy atom. The quantitative estimate of drug-likeness (QED) is 0.939. The lowest BCUT2D eigenvalue weighted by molar-refractivity contribution is -0.206. The maximum absolute atomic E-state index is 12.5. The molecule has 2 aromatic rings. The van der Waals surface area contributed by atoms with Crippen molar-refractivity contribution in [3.8, 4) is 0 Å². The second-order valence-electron chi connectivity index (χ2n) is 4.92. The van der Waals surface area contributed by atoms with E-state index in [0.29, 0.717) is 5.69 Å². The summed E-state index contributed by atoms with van der Waals surface area (Å²) < 4.78 is 39.1. The Kier molecular flexibility index (Phi) is 4.41. The number of hydrogen-bond donors (Lipinski definition) is 1. The summed E-state index contributed by atoms with van der Waals surface area (Å²) in [5.74, 6) is -0.557. The van der Waals surface area contributed by atoms with Gasteiger partial charge in [0.05, 0.1) is 30.1 Å². The minimum absolute atomic E-state index is 0.0629. The lowest BCUT2D eigenvalue weighted by Crippen LogP contribution is -2.43. The molecule has 0 saturated heterocycles. The molecule has 1 N–H and O–H groups in total. The highest BCUT2D eigenvalue weighted by Crippen LogP contribution is 2.22.